The van der Waals surface area contributed by atoms with Gasteiger partial charge in [-0.25, -0.2) is 15.0 Å². The molecule has 30 heavy (non-hydrogen) atoms. The molecule has 0 spiro atoms. The highest BCUT2D eigenvalue weighted by atomic mass is 31.2. The number of aromatic nitrogens is 4. The van der Waals surface area contributed by atoms with Gasteiger partial charge in [-0.3, -0.25) is 9.36 Å². The van der Waals surface area contributed by atoms with Crippen LogP contribution in [0.3, 0.4) is 0 Å². The van der Waals surface area contributed by atoms with Crippen molar-refractivity contribution in [2.75, 3.05) is 25.3 Å². The minimum atomic E-state index is -3.38. The molecule has 2 aromatic heterocycles. The third-order valence-electron chi connectivity index (χ3n) is 4.29. The summed E-state index contributed by atoms with van der Waals surface area (Å²) in [7, 11) is -3.38. The molecule has 1 atom stereocenters. The molecule has 3 heterocycles. The van der Waals surface area contributed by atoms with Crippen molar-refractivity contribution in [3.8, 4) is 0 Å². The van der Waals surface area contributed by atoms with Gasteiger partial charge in [0, 0.05) is 5.92 Å². The van der Waals surface area contributed by atoms with Gasteiger partial charge >= 0.3 is 13.6 Å². The lowest BCUT2D eigenvalue weighted by atomic mass is 10.1. The number of hydrogen-bond acceptors (Lipinski definition) is 10. The highest BCUT2D eigenvalue weighted by molar-refractivity contribution is 7.53. The Kier molecular flexibility index (Phi) is 6.76. The van der Waals surface area contributed by atoms with Gasteiger partial charge < -0.3 is 28.8 Å². The Bertz CT molecular complexity index is 931. The van der Waals surface area contributed by atoms with E-state index < -0.39 is 13.2 Å². The molecule has 12 heteroatoms. The summed E-state index contributed by atoms with van der Waals surface area (Å²) in [5.41, 5.74) is 6.36. The van der Waals surface area contributed by atoms with E-state index in [0.29, 0.717) is 23.5 Å². The molecule has 0 amide bonds. The average molecular weight is 441 g/mol. The molecule has 1 fully saturated rings. The van der Waals surface area contributed by atoms with Crippen LogP contribution in [0.4, 0.5) is 5.82 Å². The molecule has 166 valence electrons. The van der Waals surface area contributed by atoms with Gasteiger partial charge in [-0.15, -0.1) is 0 Å². The van der Waals surface area contributed by atoms with Crippen molar-refractivity contribution in [3.63, 3.8) is 0 Å². The maximum absolute atomic E-state index is 12.7. The predicted molar refractivity (Wildman–Crippen MR) is 109 cm³/mol. The standard InChI is InChI=1S/C18H28N5O6P/c1-12(6-23-10-22-15-16(19)20-9-21-17(15)23)26-11-30(25)27-7-13(8-28-30)5-14(24)29-18(2,3)4/h9-10,12-13H,5-8,11H2,1-4H3,(H2,19,20,21)/t12-,13?,30?/m1/s1. The lowest BCUT2D eigenvalue weighted by molar-refractivity contribution is -0.157. The lowest BCUT2D eigenvalue weighted by Gasteiger charge is -2.29. The van der Waals surface area contributed by atoms with E-state index >= 15 is 0 Å². The third-order valence-corrected chi connectivity index (χ3v) is 5.84. The van der Waals surface area contributed by atoms with E-state index in [-0.39, 0.29) is 44.0 Å². The summed E-state index contributed by atoms with van der Waals surface area (Å²) in [6.45, 7) is 7.97. The number of esters is 1. The van der Waals surface area contributed by atoms with Crippen LogP contribution in [0.1, 0.15) is 34.1 Å². The second kappa shape index (κ2) is 8.97. The van der Waals surface area contributed by atoms with Gasteiger partial charge in [0.25, 0.3) is 0 Å². The van der Waals surface area contributed by atoms with Crippen molar-refractivity contribution in [1.82, 2.24) is 19.5 Å². The molecular formula is C18H28N5O6P. The van der Waals surface area contributed by atoms with Crippen LogP contribution in [-0.2, 0) is 34.4 Å². The SMILES string of the molecule is C[C@H](Cn1cnc2c(N)ncnc21)OCP1(=O)OCC(CC(=O)OC(C)(C)C)CO1. The Hall–Kier alpha value is -2.07. The maximum atomic E-state index is 12.7. The van der Waals surface area contributed by atoms with Crippen molar-refractivity contribution in [1.29, 1.82) is 0 Å². The third kappa shape index (κ3) is 5.98. The highest BCUT2D eigenvalue weighted by Crippen LogP contribution is 2.52. The Morgan fingerprint density at radius 2 is 2.03 bits per heavy atom. The number of nitrogen functional groups attached to an aromatic ring is 1. The molecule has 0 aliphatic carbocycles. The molecule has 1 aliphatic heterocycles. The summed E-state index contributed by atoms with van der Waals surface area (Å²) in [5.74, 6) is -0.234. The molecule has 2 N–H and O–H groups in total. The first kappa shape index (κ1) is 22.6. The van der Waals surface area contributed by atoms with Crippen LogP contribution in [0.2, 0.25) is 0 Å². The number of rotatable bonds is 7. The Balaban J connectivity index is 1.46. The van der Waals surface area contributed by atoms with Gasteiger partial charge in [0.15, 0.2) is 11.5 Å². The first-order valence-electron chi connectivity index (χ1n) is 9.67. The van der Waals surface area contributed by atoms with E-state index in [1.807, 2.05) is 6.92 Å². The summed E-state index contributed by atoms with van der Waals surface area (Å²) in [4.78, 5) is 24.2. The first-order valence-corrected chi connectivity index (χ1v) is 11.4. The molecule has 2 aromatic rings. The molecule has 0 unspecified atom stereocenters. The molecule has 0 saturated carbocycles. The Labute approximate surface area is 174 Å². The van der Waals surface area contributed by atoms with Crippen LogP contribution in [0.25, 0.3) is 11.2 Å². The molecular weight excluding hydrogens is 413 g/mol. The zero-order valence-corrected chi connectivity index (χ0v) is 18.5. The summed E-state index contributed by atoms with van der Waals surface area (Å²) < 4.78 is 36.3. The van der Waals surface area contributed by atoms with Crippen molar-refractivity contribution >= 4 is 30.5 Å². The lowest BCUT2D eigenvalue weighted by Crippen LogP contribution is -2.30. The maximum Gasteiger partial charge on any atom is 0.356 e. The molecule has 0 aromatic carbocycles. The van der Waals surface area contributed by atoms with E-state index in [1.165, 1.54) is 6.33 Å². The fourth-order valence-electron chi connectivity index (χ4n) is 2.92. The van der Waals surface area contributed by atoms with Crippen LogP contribution in [0.5, 0.6) is 0 Å². The largest absolute Gasteiger partial charge is 0.460 e. The van der Waals surface area contributed by atoms with E-state index in [9.17, 15) is 9.36 Å². The summed E-state index contributed by atoms with van der Waals surface area (Å²) in [6.07, 6.45) is 2.63. The number of anilines is 1. The van der Waals surface area contributed by atoms with Gasteiger partial charge in [0.05, 0.1) is 38.6 Å². The molecule has 0 bridgehead atoms. The minimum Gasteiger partial charge on any atom is -0.460 e. The van der Waals surface area contributed by atoms with Crippen LogP contribution >= 0.6 is 7.60 Å². The quantitative estimate of drug-likeness (QED) is 0.503. The zero-order chi connectivity index (χ0) is 21.9. The Morgan fingerprint density at radius 1 is 1.33 bits per heavy atom. The number of nitrogens with zero attached hydrogens (tertiary/aromatic N) is 4. The number of nitrogens with two attached hydrogens (primary N) is 1. The smallest absolute Gasteiger partial charge is 0.356 e. The van der Waals surface area contributed by atoms with Gasteiger partial charge in [-0.2, -0.15) is 0 Å². The number of ether oxygens (including phenoxy) is 2. The number of fused-ring (bicyclic) bond motifs is 1. The zero-order valence-electron chi connectivity index (χ0n) is 17.6. The monoisotopic (exact) mass is 441 g/mol. The number of hydrogen-bond donors (Lipinski definition) is 1. The number of carbonyl (C=O) groups excluding carboxylic acids is 1. The number of carbonyl (C=O) groups is 1. The summed E-state index contributed by atoms with van der Waals surface area (Å²) in [6, 6.07) is 0. The van der Waals surface area contributed by atoms with E-state index in [2.05, 4.69) is 15.0 Å². The molecule has 0 radical (unpaired) electrons. The first-order chi connectivity index (χ1) is 14.0. The topological polar surface area (TPSA) is 141 Å². The molecule has 1 saturated heterocycles. The molecule has 3 rings (SSSR count). The van der Waals surface area contributed by atoms with Crippen LogP contribution < -0.4 is 5.73 Å². The van der Waals surface area contributed by atoms with Crippen molar-refractivity contribution in [2.45, 2.75) is 52.4 Å². The molecule has 1 aliphatic rings. The van der Waals surface area contributed by atoms with Gasteiger partial charge in [0.1, 0.15) is 23.8 Å². The normalized spacial score (nSPS) is 23.4. The van der Waals surface area contributed by atoms with Crippen LogP contribution in [0, 0.1) is 5.92 Å². The van der Waals surface area contributed by atoms with Crippen molar-refractivity contribution < 1.29 is 27.9 Å². The van der Waals surface area contributed by atoms with Crippen molar-refractivity contribution in [2.24, 2.45) is 5.92 Å². The second-order valence-electron chi connectivity index (χ2n) is 8.29. The fraction of sp³-hybridized carbons (Fsp3) is 0.667. The van der Waals surface area contributed by atoms with E-state index in [0.717, 1.165) is 0 Å². The second-order valence-corrected chi connectivity index (χ2v) is 10.3. The average Bonchev–Trinajstić information content (AvgIpc) is 3.05. The fourth-order valence-corrected chi connectivity index (χ4v) is 4.45. The van der Waals surface area contributed by atoms with Crippen LogP contribution in [-0.4, -0.2) is 56.8 Å². The number of imidazole rings is 1. The van der Waals surface area contributed by atoms with Crippen molar-refractivity contribution in [3.05, 3.63) is 12.7 Å². The van der Waals surface area contributed by atoms with E-state index in [4.69, 9.17) is 24.3 Å². The molecule has 11 nitrogen and oxygen atoms in total. The van der Waals surface area contributed by atoms with Gasteiger partial charge in [-0.05, 0) is 27.7 Å². The van der Waals surface area contributed by atoms with Gasteiger partial charge in [0.2, 0.25) is 0 Å². The highest BCUT2D eigenvalue weighted by Gasteiger charge is 2.35. The minimum absolute atomic E-state index is 0.146. The summed E-state index contributed by atoms with van der Waals surface area (Å²) in [5, 5.41) is 0. The van der Waals surface area contributed by atoms with E-state index in [1.54, 1.807) is 31.7 Å². The van der Waals surface area contributed by atoms with Gasteiger partial charge in [-0.1, -0.05) is 0 Å². The Morgan fingerprint density at radius 3 is 2.70 bits per heavy atom. The van der Waals surface area contributed by atoms with Crippen LogP contribution in [0.15, 0.2) is 12.7 Å². The summed E-state index contributed by atoms with van der Waals surface area (Å²) >= 11 is 0. The predicted octanol–water partition coefficient (Wildman–Crippen LogP) is 2.36.